The second-order valence-corrected chi connectivity index (χ2v) is 14.2. The molecule has 1 atom stereocenters. The van der Waals surface area contributed by atoms with Gasteiger partial charge in [0.1, 0.15) is 24.1 Å². The maximum atomic E-state index is 6.30. The fraction of sp³-hybridized carbons (Fsp3) is 0.400. The first-order valence-corrected chi connectivity index (χ1v) is 16.5. The summed E-state index contributed by atoms with van der Waals surface area (Å²) in [4.78, 5) is 0. The highest BCUT2D eigenvalue weighted by Gasteiger charge is 2.37. The van der Waals surface area contributed by atoms with Crippen LogP contribution in [0.15, 0.2) is 66.7 Å². The molecule has 47 heavy (non-hydrogen) atoms. The van der Waals surface area contributed by atoms with Crippen molar-refractivity contribution in [1.82, 2.24) is 0 Å². The molecule has 6 rings (SSSR count). The van der Waals surface area contributed by atoms with Crippen molar-refractivity contribution in [1.29, 1.82) is 0 Å². The van der Waals surface area contributed by atoms with Crippen LogP contribution in [-0.2, 0) is 32.2 Å². The van der Waals surface area contributed by atoms with Crippen LogP contribution in [0.3, 0.4) is 0 Å². The fourth-order valence-electron chi connectivity index (χ4n) is 7.40. The molecule has 0 bridgehead atoms. The Balaban J connectivity index is 1.17. The highest BCUT2D eigenvalue weighted by molar-refractivity contribution is 5.56. The van der Waals surface area contributed by atoms with Crippen molar-refractivity contribution in [2.45, 2.75) is 38.3 Å². The standard InChI is InChI=1S/C40H50N2O5/c1-41(2)19-17-30-24-39(45-7)40(46-8)34(35(30)26-41)21-27-9-13-31(14-10-27)47-32-15-11-28(12-16-32)22-36-33-25-38(44-6)37(43-5)23-29(33)18-20-42(36,3)4/h9-16,23-25,36H,17-22,26H2,1-8H3/q+2. The van der Waals surface area contributed by atoms with Crippen LogP contribution in [0, 0.1) is 0 Å². The Labute approximate surface area is 280 Å². The highest BCUT2D eigenvalue weighted by Crippen LogP contribution is 2.42. The van der Waals surface area contributed by atoms with Crippen molar-refractivity contribution < 1.29 is 32.7 Å². The lowest BCUT2D eigenvalue weighted by molar-refractivity contribution is -0.923. The number of nitrogens with zero attached hydrogens (tertiary/aromatic N) is 2. The van der Waals surface area contributed by atoms with E-state index in [1.165, 1.54) is 38.9 Å². The molecule has 0 amide bonds. The zero-order valence-corrected chi connectivity index (χ0v) is 29.3. The molecule has 1 unspecified atom stereocenters. The van der Waals surface area contributed by atoms with Gasteiger partial charge in [-0.1, -0.05) is 24.3 Å². The number of fused-ring (bicyclic) bond motifs is 2. The molecule has 2 heterocycles. The largest absolute Gasteiger partial charge is 0.493 e. The number of rotatable bonds is 10. The maximum Gasteiger partial charge on any atom is 0.164 e. The molecule has 0 radical (unpaired) electrons. The van der Waals surface area contributed by atoms with Gasteiger partial charge in [0.2, 0.25) is 0 Å². The average molecular weight is 639 g/mol. The smallest absolute Gasteiger partial charge is 0.164 e. The van der Waals surface area contributed by atoms with Crippen molar-refractivity contribution in [2.24, 2.45) is 0 Å². The summed E-state index contributed by atoms with van der Waals surface area (Å²) < 4.78 is 31.1. The Morgan fingerprint density at radius 1 is 0.638 bits per heavy atom. The molecule has 0 saturated carbocycles. The van der Waals surface area contributed by atoms with E-state index in [9.17, 15) is 0 Å². The normalized spacial score (nSPS) is 17.7. The summed E-state index contributed by atoms with van der Waals surface area (Å²) in [6.45, 7) is 3.18. The van der Waals surface area contributed by atoms with E-state index in [1.54, 1.807) is 28.4 Å². The van der Waals surface area contributed by atoms with E-state index in [4.69, 9.17) is 23.7 Å². The summed E-state index contributed by atoms with van der Waals surface area (Å²) in [5.41, 5.74) is 9.15. The van der Waals surface area contributed by atoms with Gasteiger partial charge in [-0.05, 0) is 64.7 Å². The number of hydrogen-bond donors (Lipinski definition) is 0. The molecule has 0 saturated heterocycles. The van der Waals surface area contributed by atoms with Crippen molar-refractivity contribution in [3.8, 4) is 34.5 Å². The third kappa shape index (κ3) is 6.78. The van der Waals surface area contributed by atoms with Crippen molar-refractivity contribution in [2.75, 3.05) is 69.7 Å². The molecule has 7 heteroatoms. The van der Waals surface area contributed by atoms with Crippen LogP contribution in [0.4, 0.5) is 0 Å². The fourth-order valence-corrected chi connectivity index (χ4v) is 7.40. The van der Waals surface area contributed by atoms with E-state index in [-0.39, 0.29) is 0 Å². The van der Waals surface area contributed by atoms with Crippen LogP contribution in [0.5, 0.6) is 34.5 Å². The van der Waals surface area contributed by atoms with Gasteiger partial charge in [0.15, 0.2) is 23.0 Å². The summed E-state index contributed by atoms with van der Waals surface area (Å²) in [5.74, 6) is 4.89. The van der Waals surface area contributed by atoms with E-state index in [0.717, 1.165) is 88.8 Å². The van der Waals surface area contributed by atoms with Gasteiger partial charge in [0.05, 0.1) is 69.7 Å². The van der Waals surface area contributed by atoms with Gasteiger partial charge >= 0.3 is 0 Å². The third-order valence-corrected chi connectivity index (χ3v) is 10.2. The summed E-state index contributed by atoms with van der Waals surface area (Å²) in [5, 5.41) is 0. The molecule has 2 aliphatic rings. The monoisotopic (exact) mass is 638 g/mol. The molecule has 248 valence electrons. The molecular weight excluding hydrogens is 588 g/mol. The van der Waals surface area contributed by atoms with Gasteiger partial charge in [-0.25, -0.2) is 0 Å². The van der Waals surface area contributed by atoms with Crippen LogP contribution >= 0.6 is 0 Å². The van der Waals surface area contributed by atoms with Gasteiger partial charge in [0, 0.05) is 42.4 Å². The minimum absolute atomic E-state index is 0.316. The number of hydrogen-bond acceptors (Lipinski definition) is 5. The highest BCUT2D eigenvalue weighted by atomic mass is 16.5. The maximum absolute atomic E-state index is 6.30. The molecule has 0 N–H and O–H groups in total. The SMILES string of the molecule is COc1cc2c(cc1OC)C(Cc1ccc(Oc3ccc(Cc4c5c(cc(OC)c4OC)CC[N+](C)(C)C5)cc3)cc1)[N+](C)(C)CC2. The number of benzene rings is 4. The first-order valence-electron chi connectivity index (χ1n) is 16.5. The predicted octanol–water partition coefficient (Wildman–Crippen LogP) is 7.15. The first kappa shape index (κ1) is 32.7. The Morgan fingerprint density at radius 3 is 1.83 bits per heavy atom. The zero-order chi connectivity index (χ0) is 33.3. The molecular formula is C40H50N2O5+2. The molecule has 7 nitrogen and oxygen atoms in total. The van der Waals surface area contributed by atoms with E-state index in [2.05, 4.69) is 94.9 Å². The summed E-state index contributed by atoms with van der Waals surface area (Å²) in [6, 6.07) is 23.8. The third-order valence-electron chi connectivity index (χ3n) is 10.2. The predicted molar refractivity (Wildman–Crippen MR) is 186 cm³/mol. The van der Waals surface area contributed by atoms with E-state index >= 15 is 0 Å². The van der Waals surface area contributed by atoms with Crippen LogP contribution in [0.2, 0.25) is 0 Å². The van der Waals surface area contributed by atoms with E-state index < -0.39 is 0 Å². The Bertz CT molecular complexity index is 1730. The van der Waals surface area contributed by atoms with Gasteiger partial charge in [0.25, 0.3) is 0 Å². The summed E-state index contributed by atoms with van der Waals surface area (Å²) >= 11 is 0. The Kier molecular flexibility index (Phi) is 9.14. The lowest BCUT2D eigenvalue weighted by atomic mass is 9.87. The van der Waals surface area contributed by atoms with Crippen LogP contribution in [-0.4, -0.2) is 78.7 Å². The molecule has 4 aromatic carbocycles. The van der Waals surface area contributed by atoms with E-state index in [0.29, 0.717) is 6.04 Å². The molecule has 2 aliphatic heterocycles. The second kappa shape index (κ2) is 13.1. The van der Waals surface area contributed by atoms with Crippen molar-refractivity contribution >= 4 is 0 Å². The quantitative estimate of drug-likeness (QED) is 0.173. The van der Waals surface area contributed by atoms with Crippen LogP contribution < -0.4 is 23.7 Å². The Morgan fingerprint density at radius 2 is 1.21 bits per heavy atom. The zero-order valence-electron chi connectivity index (χ0n) is 29.3. The second-order valence-electron chi connectivity index (χ2n) is 14.2. The van der Waals surface area contributed by atoms with E-state index in [1.807, 2.05) is 0 Å². The van der Waals surface area contributed by atoms with Crippen molar-refractivity contribution in [3.63, 3.8) is 0 Å². The first-order chi connectivity index (χ1) is 22.5. The van der Waals surface area contributed by atoms with Gasteiger partial charge < -0.3 is 32.7 Å². The van der Waals surface area contributed by atoms with Gasteiger partial charge in [-0.2, -0.15) is 0 Å². The van der Waals surface area contributed by atoms with Crippen molar-refractivity contribution in [3.05, 3.63) is 106 Å². The van der Waals surface area contributed by atoms with Gasteiger partial charge in [-0.15, -0.1) is 0 Å². The number of quaternary nitrogens is 2. The molecule has 4 aromatic rings. The Hall–Kier alpha value is -4.20. The number of likely N-dealkylation sites (N-methyl/N-ethyl adjacent to an activating group) is 2. The lowest BCUT2D eigenvalue weighted by Crippen LogP contribution is -2.48. The number of methoxy groups -OCH3 is 4. The minimum atomic E-state index is 0.316. The minimum Gasteiger partial charge on any atom is -0.493 e. The van der Waals surface area contributed by atoms with Crippen LogP contribution in [0.1, 0.15) is 45.0 Å². The lowest BCUT2D eigenvalue weighted by Gasteiger charge is -2.43. The average Bonchev–Trinajstić information content (AvgIpc) is 3.06. The summed E-state index contributed by atoms with van der Waals surface area (Å²) in [7, 11) is 16.1. The molecule has 0 fully saturated rings. The summed E-state index contributed by atoms with van der Waals surface area (Å²) in [6.07, 6.45) is 3.76. The molecule has 0 aromatic heterocycles. The molecule has 0 spiro atoms. The van der Waals surface area contributed by atoms with Gasteiger partial charge in [-0.3, -0.25) is 0 Å². The topological polar surface area (TPSA) is 46.2 Å². The number of ether oxygens (including phenoxy) is 5. The molecule has 0 aliphatic carbocycles. The van der Waals surface area contributed by atoms with Crippen LogP contribution in [0.25, 0.3) is 0 Å².